The molecule has 1 atom stereocenters. The van der Waals surface area contributed by atoms with E-state index in [1.807, 2.05) is 25.2 Å². The Morgan fingerprint density at radius 2 is 2.14 bits per heavy atom. The number of aromatic nitrogens is 1. The van der Waals surface area contributed by atoms with Crippen molar-refractivity contribution in [3.63, 3.8) is 0 Å². The van der Waals surface area contributed by atoms with Gasteiger partial charge in [-0.25, -0.2) is 4.98 Å². The number of likely N-dealkylation sites (N-methyl/N-ethyl adjacent to an activating group) is 1. The SMILES string of the molecule is CN(Cc1nc2ccccc2s1)C(=O)[C@@H]1CCCCN1.Cl.Cl. The van der Waals surface area contributed by atoms with Crippen LogP contribution in [0.1, 0.15) is 24.3 Å². The molecule has 1 aliphatic heterocycles. The van der Waals surface area contributed by atoms with Gasteiger partial charge in [0.1, 0.15) is 5.01 Å². The lowest BCUT2D eigenvalue weighted by molar-refractivity contribution is -0.133. The third-order valence-electron chi connectivity index (χ3n) is 3.70. The van der Waals surface area contributed by atoms with Crippen LogP contribution in [0.3, 0.4) is 0 Å². The van der Waals surface area contributed by atoms with E-state index >= 15 is 0 Å². The monoisotopic (exact) mass is 361 g/mol. The molecule has 1 saturated heterocycles. The van der Waals surface area contributed by atoms with Crippen molar-refractivity contribution < 1.29 is 4.79 Å². The number of hydrogen-bond acceptors (Lipinski definition) is 4. The molecule has 0 bridgehead atoms. The summed E-state index contributed by atoms with van der Waals surface area (Å²) in [4.78, 5) is 18.7. The van der Waals surface area contributed by atoms with Crippen LogP contribution < -0.4 is 5.32 Å². The van der Waals surface area contributed by atoms with E-state index in [9.17, 15) is 4.79 Å². The van der Waals surface area contributed by atoms with E-state index in [0.717, 1.165) is 29.9 Å². The van der Waals surface area contributed by atoms with E-state index in [2.05, 4.69) is 16.4 Å². The molecule has 3 rings (SSSR count). The van der Waals surface area contributed by atoms with Crippen molar-refractivity contribution in [2.75, 3.05) is 13.6 Å². The second kappa shape index (κ2) is 8.67. The maximum atomic E-state index is 12.4. The lowest BCUT2D eigenvalue weighted by atomic mass is 10.0. The molecule has 122 valence electrons. The van der Waals surface area contributed by atoms with E-state index < -0.39 is 0 Å². The fourth-order valence-electron chi connectivity index (χ4n) is 2.60. The van der Waals surface area contributed by atoms with Crippen molar-refractivity contribution in [1.82, 2.24) is 15.2 Å². The molecular weight excluding hydrogens is 341 g/mol. The molecule has 0 saturated carbocycles. The first kappa shape index (κ1) is 19.2. The maximum Gasteiger partial charge on any atom is 0.239 e. The molecule has 2 aromatic rings. The summed E-state index contributed by atoms with van der Waals surface area (Å²) in [5.74, 6) is 0.184. The number of halogens is 2. The van der Waals surface area contributed by atoms with E-state index in [1.54, 1.807) is 16.2 Å². The highest BCUT2D eigenvalue weighted by molar-refractivity contribution is 7.18. The largest absolute Gasteiger partial charge is 0.338 e. The fraction of sp³-hybridized carbons (Fsp3) is 0.467. The first-order valence-electron chi connectivity index (χ1n) is 7.07. The number of hydrogen-bond donors (Lipinski definition) is 1. The van der Waals surface area contributed by atoms with Gasteiger partial charge in [0.2, 0.25) is 5.91 Å². The molecule has 1 N–H and O–H groups in total. The van der Waals surface area contributed by atoms with E-state index in [0.29, 0.717) is 6.54 Å². The van der Waals surface area contributed by atoms with Crippen molar-refractivity contribution in [1.29, 1.82) is 0 Å². The number of thiazole rings is 1. The first-order chi connectivity index (χ1) is 9.74. The number of amides is 1. The summed E-state index contributed by atoms with van der Waals surface area (Å²) < 4.78 is 1.18. The molecule has 0 spiro atoms. The van der Waals surface area contributed by atoms with Gasteiger partial charge < -0.3 is 10.2 Å². The van der Waals surface area contributed by atoms with Crippen molar-refractivity contribution in [2.45, 2.75) is 31.8 Å². The number of nitrogens with one attached hydrogen (secondary N) is 1. The summed E-state index contributed by atoms with van der Waals surface area (Å²) in [5, 5.41) is 4.30. The smallest absolute Gasteiger partial charge is 0.239 e. The molecule has 0 radical (unpaired) electrons. The van der Waals surface area contributed by atoms with Crippen LogP contribution in [0.4, 0.5) is 0 Å². The van der Waals surface area contributed by atoms with Crippen LogP contribution in [0.15, 0.2) is 24.3 Å². The topological polar surface area (TPSA) is 45.2 Å². The first-order valence-corrected chi connectivity index (χ1v) is 7.88. The number of piperidine rings is 1. The van der Waals surface area contributed by atoms with Crippen LogP contribution in [0.5, 0.6) is 0 Å². The summed E-state index contributed by atoms with van der Waals surface area (Å²) >= 11 is 1.66. The van der Waals surface area contributed by atoms with Crippen LogP contribution >= 0.6 is 36.2 Å². The van der Waals surface area contributed by atoms with Gasteiger partial charge in [0.25, 0.3) is 0 Å². The second-order valence-electron chi connectivity index (χ2n) is 5.27. The van der Waals surface area contributed by atoms with Crippen molar-refractivity contribution in [3.05, 3.63) is 29.3 Å². The molecule has 1 aromatic heterocycles. The highest BCUT2D eigenvalue weighted by atomic mass is 35.5. The number of nitrogens with zero attached hydrogens (tertiary/aromatic N) is 2. The normalized spacial score (nSPS) is 17.4. The van der Waals surface area contributed by atoms with Crippen LogP contribution in [-0.2, 0) is 11.3 Å². The van der Waals surface area contributed by atoms with Crippen LogP contribution in [0, 0.1) is 0 Å². The van der Waals surface area contributed by atoms with Gasteiger partial charge in [-0.15, -0.1) is 36.2 Å². The average molecular weight is 362 g/mol. The molecule has 22 heavy (non-hydrogen) atoms. The third-order valence-corrected chi connectivity index (χ3v) is 4.72. The summed E-state index contributed by atoms with van der Waals surface area (Å²) in [6.45, 7) is 1.54. The summed E-state index contributed by atoms with van der Waals surface area (Å²) in [6.07, 6.45) is 3.26. The molecule has 1 fully saturated rings. The van der Waals surface area contributed by atoms with Crippen molar-refractivity contribution in [2.24, 2.45) is 0 Å². The van der Waals surface area contributed by atoms with E-state index in [1.165, 1.54) is 11.1 Å². The van der Waals surface area contributed by atoms with Gasteiger partial charge in [-0.1, -0.05) is 18.6 Å². The average Bonchev–Trinajstić information content (AvgIpc) is 2.89. The fourth-order valence-corrected chi connectivity index (χ4v) is 3.62. The zero-order valence-corrected chi connectivity index (χ0v) is 14.9. The number of rotatable bonds is 3. The molecular formula is C15H21Cl2N3OS. The Bertz CT molecular complexity index is 581. The Morgan fingerprint density at radius 3 is 2.82 bits per heavy atom. The van der Waals surface area contributed by atoms with Crippen molar-refractivity contribution >= 4 is 52.3 Å². The van der Waals surface area contributed by atoms with Gasteiger partial charge in [0, 0.05) is 7.05 Å². The molecule has 1 aromatic carbocycles. The van der Waals surface area contributed by atoms with Crippen LogP contribution in [0.25, 0.3) is 10.2 Å². The Balaban J connectivity index is 0.00000121. The summed E-state index contributed by atoms with van der Waals surface area (Å²) in [7, 11) is 1.87. The predicted octanol–water partition coefficient (Wildman–Crippen LogP) is 3.24. The highest BCUT2D eigenvalue weighted by Crippen LogP contribution is 2.22. The third kappa shape index (κ3) is 4.32. The minimum absolute atomic E-state index is 0. The molecule has 0 aliphatic carbocycles. The number of fused-ring (bicyclic) bond motifs is 1. The zero-order valence-electron chi connectivity index (χ0n) is 12.4. The lowest BCUT2D eigenvalue weighted by Crippen LogP contribution is -2.46. The van der Waals surface area contributed by atoms with E-state index in [4.69, 9.17) is 0 Å². The number of carbonyl (C=O) groups excluding carboxylic acids is 1. The van der Waals surface area contributed by atoms with Gasteiger partial charge in [0.05, 0.1) is 22.8 Å². The molecule has 1 aliphatic rings. The van der Waals surface area contributed by atoms with E-state index in [-0.39, 0.29) is 36.8 Å². The minimum Gasteiger partial charge on any atom is -0.338 e. The lowest BCUT2D eigenvalue weighted by Gasteiger charge is -2.26. The Hall–Kier alpha value is -0.880. The second-order valence-corrected chi connectivity index (χ2v) is 6.39. The highest BCUT2D eigenvalue weighted by Gasteiger charge is 2.24. The van der Waals surface area contributed by atoms with Gasteiger partial charge in [-0.05, 0) is 31.5 Å². The Morgan fingerprint density at radius 1 is 1.36 bits per heavy atom. The minimum atomic E-state index is -0.0110. The summed E-state index contributed by atoms with van der Waals surface area (Å²) in [5.41, 5.74) is 1.02. The quantitative estimate of drug-likeness (QED) is 0.912. The zero-order chi connectivity index (χ0) is 13.9. The molecule has 1 amide bonds. The Labute approximate surface area is 147 Å². The van der Waals surface area contributed by atoms with Gasteiger partial charge in [-0.3, -0.25) is 4.79 Å². The van der Waals surface area contributed by atoms with Crippen LogP contribution in [0.2, 0.25) is 0 Å². The molecule has 7 heteroatoms. The Kier molecular flexibility index (Phi) is 7.56. The number of carbonyl (C=O) groups is 1. The van der Waals surface area contributed by atoms with Crippen molar-refractivity contribution in [3.8, 4) is 0 Å². The maximum absolute atomic E-state index is 12.4. The molecule has 4 nitrogen and oxygen atoms in total. The standard InChI is InChI=1S/C15H19N3OS.2ClH/c1-18(15(19)12-7-4-5-9-16-12)10-14-17-11-6-2-3-8-13(11)20-14;;/h2-3,6,8,12,16H,4-5,7,9-10H2,1H3;2*1H/t12-;;/m0../s1. The predicted molar refractivity (Wildman–Crippen MR) is 96.2 cm³/mol. The van der Waals surface area contributed by atoms with Gasteiger partial charge in [-0.2, -0.15) is 0 Å². The van der Waals surface area contributed by atoms with Gasteiger partial charge >= 0.3 is 0 Å². The van der Waals surface area contributed by atoms with Gasteiger partial charge in [0.15, 0.2) is 0 Å². The molecule has 0 unspecified atom stereocenters. The number of para-hydroxylation sites is 1. The van der Waals surface area contributed by atoms with Crippen LogP contribution in [-0.4, -0.2) is 35.4 Å². The molecule has 2 heterocycles. The summed E-state index contributed by atoms with van der Waals surface area (Å²) in [6, 6.07) is 8.08. The number of benzene rings is 1.